The van der Waals surface area contributed by atoms with Gasteiger partial charge in [-0.15, -0.1) is 0 Å². The fraction of sp³-hybridized carbons (Fsp3) is 0.381. The van der Waals surface area contributed by atoms with Gasteiger partial charge in [-0.25, -0.2) is 8.42 Å². The molecule has 0 aromatic heterocycles. The number of hydrogen-bond donors (Lipinski definition) is 2. The van der Waals surface area contributed by atoms with Crippen LogP contribution in [-0.2, 0) is 26.0 Å². The summed E-state index contributed by atoms with van der Waals surface area (Å²) in [6, 6.07) is 12.4. The summed E-state index contributed by atoms with van der Waals surface area (Å²) in [5, 5.41) is 2.98. The van der Waals surface area contributed by atoms with E-state index in [0.29, 0.717) is 18.9 Å². The normalized spacial score (nSPS) is 17.5. The maximum Gasteiger partial charge on any atom is 0.241 e. The molecule has 2 unspecified atom stereocenters. The highest BCUT2D eigenvalue weighted by Gasteiger charge is 2.27. The van der Waals surface area contributed by atoms with E-state index >= 15 is 0 Å². The Labute approximate surface area is 181 Å². The minimum absolute atomic E-state index is 0.0386. The Kier molecular flexibility index (Phi) is 7.71. The number of methoxy groups -OCH3 is 1. The van der Waals surface area contributed by atoms with Gasteiger partial charge in [-0.05, 0) is 43.0 Å². The molecule has 3 rings (SSSR count). The van der Waals surface area contributed by atoms with E-state index in [1.807, 2.05) is 30.3 Å². The summed E-state index contributed by atoms with van der Waals surface area (Å²) in [5.41, 5.74) is 0.838. The maximum absolute atomic E-state index is 12.9. The first-order chi connectivity index (χ1) is 14.4. The van der Waals surface area contributed by atoms with Crippen LogP contribution in [0.3, 0.4) is 0 Å². The van der Waals surface area contributed by atoms with Crippen molar-refractivity contribution >= 4 is 27.5 Å². The molecule has 0 aliphatic carbocycles. The Morgan fingerprint density at radius 1 is 1.27 bits per heavy atom. The van der Waals surface area contributed by atoms with Crippen molar-refractivity contribution in [2.75, 3.05) is 20.3 Å². The average Bonchev–Trinajstić information content (AvgIpc) is 3.26. The van der Waals surface area contributed by atoms with Gasteiger partial charge in [0.2, 0.25) is 15.9 Å². The lowest BCUT2D eigenvalue weighted by Gasteiger charge is -2.20. The summed E-state index contributed by atoms with van der Waals surface area (Å²) in [4.78, 5) is 12.8. The van der Waals surface area contributed by atoms with E-state index in [0.717, 1.165) is 18.4 Å². The monoisotopic (exact) mass is 452 g/mol. The van der Waals surface area contributed by atoms with Crippen LogP contribution in [0.2, 0.25) is 5.02 Å². The van der Waals surface area contributed by atoms with Crippen molar-refractivity contribution in [3.63, 3.8) is 0 Å². The summed E-state index contributed by atoms with van der Waals surface area (Å²) in [6.07, 6.45) is 2.00. The lowest BCUT2D eigenvalue weighted by atomic mass is 10.1. The number of hydrogen-bond acceptors (Lipinski definition) is 5. The predicted molar refractivity (Wildman–Crippen MR) is 114 cm³/mol. The van der Waals surface area contributed by atoms with Gasteiger partial charge in [0, 0.05) is 13.2 Å². The third-order valence-corrected chi connectivity index (χ3v) is 6.62. The van der Waals surface area contributed by atoms with Crippen molar-refractivity contribution in [3.05, 3.63) is 59.1 Å². The summed E-state index contributed by atoms with van der Waals surface area (Å²) >= 11 is 6.08. The number of ether oxygens (including phenoxy) is 2. The van der Waals surface area contributed by atoms with E-state index in [2.05, 4.69) is 10.0 Å². The first kappa shape index (κ1) is 22.6. The van der Waals surface area contributed by atoms with Crippen molar-refractivity contribution in [1.29, 1.82) is 0 Å². The Bertz CT molecular complexity index is 963. The zero-order valence-electron chi connectivity index (χ0n) is 16.6. The van der Waals surface area contributed by atoms with Crippen LogP contribution in [-0.4, -0.2) is 46.7 Å². The molecule has 162 valence electrons. The van der Waals surface area contributed by atoms with Gasteiger partial charge in [-0.3, -0.25) is 4.79 Å². The van der Waals surface area contributed by atoms with Gasteiger partial charge in [-0.1, -0.05) is 41.9 Å². The van der Waals surface area contributed by atoms with E-state index in [4.69, 9.17) is 21.1 Å². The topological polar surface area (TPSA) is 93.7 Å². The molecule has 1 heterocycles. The van der Waals surface area contributed by atoms with Gasteiger partial charge >= 0.3 is 0 Å². The van der Waals surface area contributed by atoms with E-state index < -0.39 is 22.0 Å². The third-order valence-electron chi connectivity index (χ3n) is 4.86. The van der Waals surface area contributed by atoms with Crippen LogP contribution >= 0.6 is 11.6 Å². The van der Waals surface area contributed by atoms with Crippen LogP contribution in [0.4, 0.5) is 0 Å². The van der Waals surface area contributed by atoms with E-state index in [9.17, 15) is 13.2 Å². The highest BCUT2D eigenvalue weighted by molar-refractivity contribution is 7.89. The molecule has 1 fully saturated rings. The molecule has 0 bridgehead atoms. The van der Waals surface area contributed by atoms with Gasteiger partial charge in [-0.2, -0.15) is 4.72 Å². The third kappa shape index (κ3) is 5.95. The molecule has 0 spiro atoms. The smallest absolute Gasteiger partial charge is 0.241 e. The van der Waals surface area contributed by atoms with E-state index in [1.165, 1.54) is 25.3 Å². The molecule has 1 aliphatic rings. The quantitative estimate of drug-likeness (QED) is 0.609. The molecule has 0 saturated carbocycles. The number of carbonyl (C=O) groups is 1. The van der Waals surface area contributed by atoms with Crippen LogP contribution < -0.4 is 14.8 Å². The largest absolute Gasteiger partial charge is 0.495 e. The molecule has 2 N–H and O–H groups in total. The zero-order chi connectivity index (χ0) is 21.6. The molecule has 1 aliphatic heterocycles. The molecule has 2 aromatic rings. The predicted octanol–water partition coefficient (Wildman–Crippen LogP) is 2.53. The number of nitrogens with one attached hydrogen (secondary N) is 2. The second-order valence-electron chi connectivity index (χ2n) is 7.04. The molecule has 2 atom stereocenters. The van der Waals surface area contributed by atoms with Crippen LogP contribution in [0.1, 0.15) is 18.4 Å². The molecular weight excluding hydrogens is 428 g/mol. The van der Waals surface area contributed by atoms with Crippen molar-refractivity contribution in [1.82, 2.24) is 10.0 Å². The number of rotatable bonds is 9. The van der Waals surface area contributed by atoms with Crippen molar-refractivity contribution in [2.24, 2.45) is 0 Å². The number of sulfonamides is 1. The lowest BCUT2D eigenvalue weighted by Crippen LogP contribution is -2.49. The summed E-state index contributed by atoms with van der Waals surface area (Å²) < 4.78 is 39.0. The summed E-state index contributed by atoms with van der Waals surface area (Å²) in [5.74, 6) is -0.0386. The van der Waals surface area contributed by atoms with E-state index in [1.54, 1.807) is 0 Å². The number of halogens is 1. The van der Waals surface area contributed by atoms with Crippen LogP contribution in [0.25, 0.3) is 0 Å². The van der Waals surface area contributed by atoms with Crippen molar-refractivity contribution < 1.29 is 22.7 Å². The molecule has 0 radical (unpaired) electrons. The van der Waals surface area contributed by atoms with Gasteiger partial charge in [0.25, 0.3) is 0 Å². The first-order valence-corrected chi connectivity index (χ1v) is 11.5. The summed E-state index contributed by atoms with van der Waals surface area (Å²) in [7, 11) is -2.55. The molecule has 9 heteroatoms. The fourth-order valence-corrected chi connectivity index (χ4v) is 4.79. The second-order valence-corrected chi connectivity index (χ2v) is 9.16. The Morgan fingerprint density at radius 2 is 2.03 bits per heavy atom. The Hall–Kier alpha value is -2.13. The highest BCUT2D eigenvalue weighted by atomic mass is 35.5. The minimum atomic E-state index is -3.99. The minimum Gasteiger partial charge on any atom is -0.495 e. The zero-order valence-corrected chi connectivity index (χ0v) is 18.2. The molecule has 1 saturated heterocycles. The summed E-state index contributed by atoms with van der Waals surface area (Å²) in [6.45, 7) is 1.03. The molecule has 2 aromatic carbocycles. The lowest BCUT2D eigenvalue weighted by molar-refractivity contribution is -0.123. The second kappa shape index (κ2) is 10.3. The Morgan fingerprint density at radius 3 is 2.67 bits per heavy atom. The number of carbonyl (C=O) groups excluding carboxylic acids is 1. The maximum atomic E-state index is 12.9. The Balaban J connectivity index is 1.77. The van der Waals surface area contributed by atoms with E-state index in [-0.39, 0.29) is 22.4 Å². The molecular formula is C21H25ClN2O5S. The number of benzene rings is 2. The van der Waals surface area contributed by atoms with Crippen molar-refractivity contribution in [3.8, 4) is 5.75 Å². The van der Waals surface area contributed by atoms with Crippen LogP contribution in [0.15, 0.2) is 53.4 Å². The molecule has 7 nitrogen and oxygen atoms in total. The average molecular weight is 453 g/mol. The van der Waals surface area contributed by atoms with Crippen LogP contribution in [0.5, 0.6) is 5.75 Å². The van der Waals surface area contributed by atoms with Gasteiger partial charge in [0.05, 0.1) is 23.1 Å². The SMILES string of the molecule is COc1ccc(S(=O)(=O)NC(Cc2ccccc2)C(=O)NCC2CCCO2)cc1Cl. The van der Waals surface area contributed by atoms with Gasteiger partial charge in [0.1, 0.15) is 11.8 Å². The molecule has 30 heavy (non-hydrogen) atoms. The molecule has 1 amide bonds. The number of amides is 1. The van der Waals surface area contributed by atoms with Crippen LogP contribution in [0, 0.1) is 0 Å². The first-order valence-electron chi connectivity index (χ1n) is 9.68. The van der Waals surface area contributed by atoms with Gasteiger partial charge in [0.15, 0.2) is 0 Å². The van der Waals surface area contributed by atoms with Gasteiger partial charge < -0.3 is 14.8 Å². The standard InChI is InChI=1S/C21H25ClN2O5S/c1-28-20-10-9-17(13-18(20)22)30(26,27)24-19(12-15-6-3-2-4-7-15)21(25)23-14-16-8-5-11-29-16/h2-4,6-7,9-10,13,16,19,24H,5,8,11-12,14H2,1H3,(H,23,25). The highest BCUT2D eigenvalue weighted by Crippen LogP contribution is 2.27. The van der Waals surface area contributed by atoms with Crippen molar-refractivity contribution in [2.45, 2.75) is 36.3 Å². The fourth-order valence-electron chi connectivity index (χ4n) is 3.25.